The molecule has 0 spiro atoms. The average Bonchev–Trinajstić information content (AvgIpc) is 2.62. The molecule has 1 N–H and O–H groups in total. The number of nitrogens with zero attached hydrogens (tertiary/aromatic N) is 2. The molecule has 0 bridgehead atoms. The standard InChI is InChI=1S/C18H17N3O2S/c22-17-12-20-21(16-9-5-4-8-15(16)17)13-18(23)19-10-11-24-14-6-2-1-3-7-14/h1-9,12H,10-11,13H2,(H,19,23). The van der Waals surface area contributed by atoms with E-state index >= 15 is 0 Å². The van der Waals surface area contributed by atoms with Gasteiger partial charge in [0.25, 0.3) is 0 Å². The minimum absolute atomic E-state index is 0.0940. The van der Waals surface area contributed by atoms with Gasteiger partial charge in [-0.25, -0.2) is 0 Å². The molecule has 1 aromatic heterocycles. The molecular formula is C18H17N3O2S. The van der Waals surface area contributed by atoms with E-state index in [2.05, 4.69) is 10.4 Å². The van der Waals surface area contributed by atoms with Gasteiger partial charge >= 0.3 is 0 Å². The number of rotatable bonds is 6. The third-order valence-electron chi connectivity index (χ3n) is 3.49. The van der Waals surface area contributed by atoms with Crippen LogP contribution in [0.5, 0.6) is 0 Å². The zero-order valence-electron chi connectivity index (χ0n) is 13.0. The molecule has 3 rings (SSSR count). The van der Waals surface area contributed by atoms with Crippen molar-refractivity contribution in [3.63, 3.8) is 0 Å². The largest absolute Gasteiger partial charge is 0.354 e. The SMILES string of the molecule is O=C(Cn1ncc(=O)c2ccccc21)NCCSc1ccccc1. The van der Waals surface area contributed by atoms with Crippen LogP contribution in [0.2, 0.25) is 0 Å². The highest BCUT2D eigenvalue weighted by Crippen LogP contribution is 2.15. The maximum absolute atomic E-state index is 12.1. The van der Waals surface area contributed by atoms with Crippen LogP contribution in [0, 0.1) is 0 Å². The van der Waals surface area contributed by atoms with E-state index in [1.165, 1.54) is 11.1 Å². The highest BCUT2D eigenvalue weighted by molar-refractivity contribution is 7.99. The molecule has 0 unspecified atom stereocenters. The number of para-hydroxylation sites is 1. The Bertz CT molecular complexity index is 893. The van der Waals surface area contributed by atoms with Gasteiger partial charge in [-0.1, -0.05) is 30.3 Å². The summed E-state index contributed by atoms with van der Waals surface area (Å²) >= 11 is 1.69. The first-order chi connectivity index (χ1) is 11.7. The molecule has 6 heteroatoms. The normalized spacial score (nSPS) is 10.7. The van der Waals surface area contributed by atoms with Crippen molar-refractivity contribution >= 4 is 28.6 Å². The molecule has 0 fully saturated rings. The van der Waals surface area contributed by atoms with Crippen molar-refractivity contribution < 1.29 is 4.79 Å². The molecule has 2 aromatic carbocycles. The Morgan fingerprint density at radius 3 is 2.67 bits per heavy atom. The van der Waals surface area contributed by atoms with Crippen molar-refractivity contribution in [2.24, 2.45) is 0 Å². The molecule has 0 aliphatic rings. The number of fused-ring (bicyclic) bond motifs is 1. The van der Waals surface area contributed by atoms with E-state index in [0.717, 1.165) is 5.75 Å². The van der Waals surface area contributed by atoms with E-state index in [0.29, 0.717) is 17.4 Å². The number of nitrogens with one attached hydrogen (secondary N) is 1. The molecule has 24 heavy (non-hydrogen) atoms. The number of carbonyl (C=O) groups excluding carboxylic acids is 1. The van der Waals surface area contributed by atoms with E-state index in [1.807, 2.05) is 36.4 Å². The van der Waals surface area contributed by atoms with Crippen LogP contribution in [0.15, 0.2) is 70.5 Å². The van der Waals surface area contributed by atoms with Gasteiger partial charge in [-0.15, -0.1) is 11.8 Å². The lowest BCUT2D eigenvalue weighted by atomic mass is 10.2. The number of thioether (sulfide) groups is 1. The maximum Gasteiger partial charge on any atom is 0.241 e. The Morgan fingerprint density at radius 2 is 1.83 bits per heavy atom. The summed E-state index contributed by atoms with van der Waals surface area (Å²) in [5.41, 5.74) is 0.528. The predicted octanol–water partition coefficient (Wildman–Crippen LogP) is 2.30. The van der Waals surface area contributed by atoms with E-state index in [1.54, 1.807) is 34.6 Å². The van der Waals surface area contributed by atoms with Crippen LogP contribution in [0.25, 0.3) is 10.9 Å². The Kier molecular flexibility index (Phi) is 5.28. The number of carbonyl (C=O) groups is 1. The van der Waals surface area contributed by atoms with Crippen molar-refractivity contribution in [1.82, 2.24) is 15.1 Å². The van der Waals surface area contributed by atoms with Gasteiger partial charge in [0.05, 0.1) is 11.7 Å². The van der Waals surface area contributed by atoms with Gasteiger partial charge in [0, 0.05) is 22.6 Å². The summed E-state index contributed by atoms with van der Waals surface area (Å²) in [6.45, 7) is 0.674. The zero-order valence-corrected chi connectivity index (χ0v) is 13.8. The fraction of sp³-hybridized carbons (Fsp3) is 0.167. The lowest BCUT2D eigenvalue weighted by molar-refractivity contribution is -0.121. The van der Waals surface area contributed by atoms with Crippen molar-refractivity contribution in [3.8, 4) is 0 Å². The van der Waals surface area contributed by atoms with Crippen LogP contribution in [-0.4, -0.2) is 28.0 Å². The zero-order chi connectivity index (χ0) is 16.8. The number of hydrogen-bond acceptors (Lipinski definition) is 4. The summed E-state index contributed by atoms with van der Waals surface area (Å²) in [6, 6.07) is 17.2. The Labute approximate surface area is 143 Å². The smallest absolute Gasteiger partial charge is 0.241 e. The Morgan fingerprint density at radius 1 is 1.08 bits per heavy atom. The fourth-order valence-electron chi connectivity index (χ4n) is 2.35. The second-order valence-corrected chi connectivity index (χ2v) is 6.36. The molecule has 0 aliphatic carbocycles. The summed E-state index contributed by atoms with van der Waals surface area (Å²) in [5.74, 6) is 0.679. The quantitative estimate of drug-likeness (QED) is 0.553. The number of hydrogen-bond donors (Lipinski definition) is 1. The molecule has 1 amide bonds. The minimum Gasteiger partial charge on any atom is -0.354 e. The van der Waals surface area contributed by atoms with Crippen LogP contribution in [-0.2, 0) is 11.3 Å². The van der Waals surface area contributed by atoms with Gasteiger partial charge in [0.2, 0.25) is 11.3 Å². The summed E-state index contributed by atoms with van der Waals surface area (Å²) in [7, 11) is 0. The van der Waals surface area contributed by atoms with Crippen molar-refractivity contribution in [2.75, 3.05) is 12.3 Å². The number of benzene rings is 2. The number of amides is 1. The molecule has 5 nitrogen and oxygen atoms in total. The first kappa shape index (κ1) is 16.3. The van der Waals surface area contributed by atoms with E-state index < -0.39 is 0 Å². The van der Waals surface area contributed by atoms with Crippen LogP contribution in [0.4, 0.5) is 0 Å². The van der Waals surface area contributed by atoms with Gasteiger partial charge in [0.15, 0.2) is 0 Å². The summed E-state index contributed by atoms with van der Waals surface area (Å²) in [5, 5.41) is 7.51. The summed E-state index contributed by atoms with van der Waals surface area (Å²) in [4.78, 5) is 25.1. The van der Waals surface area contributed by atoms with E-state index in [9.17, 15) is 9.59 Å². The van der Waals surface area contributed by atoms with E-state index in [4.69, 9.17) is 0 Å². The van der Waals surface area contributed by atoms with Crippen molar-refractivity contribution in [2.45, 2.75) is 11.4 Å². The highest BCUT2D eigenvalue weighted by atomic mass is 32.2. The first-order valence-corrected chi connectivity index (χ1v) is 8.62. The Hall–Kier alpha value is -2.60. The summed E-state index contributed by atoms with van der Waals surface area (Å²) in [6.07, 6.45) is 1.25. The molecule has 1 heterocycles. The number of aromatic nitrogens is 2. The third-order valence-corrected chi connectivity index (χ3v) is 4.51. The van der Waals surface area contributed by atoms with Gasteiger partial charge in [0.1, 0.15) is 6.54 Å². The maximum atomic E-state index is 12.1. The first-order valence-electron chi connectivity index (χ1n) is 7.63. The second kappa shape index (κ2) is 7.79. The van der Waals surface area contributed by atoms with Crippen LogP contribution < -0.4 is 10.7 Å². The predicted molar refractivity (Wildman–Crippen MR) is 96.2 cm³/mol. The van der Waals surface area contributed by atoms with Crippen molar-refractivity contribution in [3.05, 3.63) is 71.0 Å². The molecule has 0 saturated heterocycles. The Balaban J connectivity index is 1.56. The summed E-state index contributed by atoms with van der Waals surface area (Å²) < 4.78 is 1.55. The van der Waals surface area contributed by atoms with Crippen molar-refractivity contribution in [1.29, 1.82) is 0 Å². The van der Waals surface area contributed by atoms with Crippen LogP contribution >= 0.6 is 11.8 Å². The molecule has 122 valence electrons. The van der Waals surface area contributed by atoms with Gasteiger partial charge in [-0.3, -0.25) is 14.3 Å². The highest BCUT2D eigenvalue weighted by Gasteiger charge is 2.07. The monoisotopic (exact) mass is 339 g/mol. The minimum atomic E-state index is -0.137. The molecule has 0 aliphatic heterocycles. The van der Waals surface area contributed by atoms with Gasteiger partial charge in [-0.05, 0) is 24.3 Å². The molecule has 0 saturated carbocycles. The van der Waals surface area contributed by atoms with Gasteiger partial charge in [-0.2, -0.15) is 5.10 Å². The average molecular weight is 339 g/mol. The lowest BCUT2D eigenvalue weighted by Crippen LogP contribution is -2.30. The molecule has 0 atom stereocenters. The molecular weight excluding hydrogens is 322 g/mol. The topological polar surface area (TPSA) is 64.0 Å². The molecule has 0 radical (unpaired) electrons. The lowest BCUT2D eigenvalue weighted by Gasteiger charge is -2.09. The van der Waals surface area contributed by atoms with Crippen LogP contribution in [0.1, 0.15) is 0 Å². The van der Waals surface area contributed by atoms with E-state index in [-0.39, 0.29) is 17.9 Å². The fourth-order valence-corrected chi connectivity index (χ4v) is 3.14. The molecule has 3 aromatic rings. The third kappa shape index (κ3) is 4.02. The van der Waals surface area contributed by atoms with Gasteiger partial charge < -0.3 is 5.32 Å². The van der Waals surface area contributed by atoms with Crippen LogP contribution in [0.3, 0.4) is 0 Å². The second-order valence-electron chi connectivity index (χ2n) is 5.20.